The third kappa shape index (κ3) is 4.10. The molecule has 1 aliphatic heterocycles. The quantitative estimate of drug-likeness (QED) is 0.790. The van der Waals surface area contributed by atoms with Gasteiger partial charge in [-0.1, -0.05) is 0 Å². The summed E-state index contributed by atoms with van der Waals surface area (Å²) in [7, 11) is 0.0346. The molecule has 104 valence electrons. The van der Waals surface area contributed by atoms with E-state index in [1.807, 2.05) is 0 Å². The molecule has 0 aromatic heterocycles. The molecule has 0 spiro atoms. The topological polar surface area (TPSA) is 73.9 Å². The Kier molecular flexibility index (Phi) is 4.93. The highest BCUT2D eigenvalue weighted by molar-refractivity contribution is 7.31. The Labute approximate surface area is 109 Å². The molecule has 0 aromatic carbocycles. The van der Waals surface area contributed by atoms with Crippen LogP contribution in [-0.2, 0) is 18.8 Å². The van der Waals surface area contributed by atoms with Gasteiger partial charge in [-0.3, -0.25) is 0 Å². The second-order valence-electron chi connectivity index (χ2n) is 5.11. The first-order chi connectivity index (χ1) is 8.29. The van der Waals surface area contributed by atoms with Crippen molar-refractivity contribution in [2.75, 3.05) is 19.9 Å². The summed E-state index contributed by atoms with van der Waals surface area (Å²) >= 11 is 0. The molecule has 1 saturated heterocycles. The molecule has 2 atom stereocenters. The minimum absolute atomic E-state index is 0.0346. The van der Waals surface area contributed by atoms with E-state index >= 15 is 0 Å². The molecule has 1 N–H and O–H groups in total. The number of nitrogens with one attached hydrogen (secondary N) is 1. The van der Waals surface area contributed by atoms with Gasteiger partial charge in [0.2, 0.25) is 0 Å². The van der Waals surface area contributed by atoms with Gasteiger partial charge in [0.05, 0.1) is 15.4 Å². The lowest BCUT2D eigenvalue weighted by atomic mass is 9.99. The van der Waals surface area contributed by atoms with Crippen LogP contribution < -0.4 is 5.32 Å². The zero-order valence-electron chi connectivity index (χ0n) is 11.2. The summed E-state index contributed by atoms with van der Waals surface area (Å²) in [6.45, 7) is 7.56. The van der Waals surface area contributed by atoms with Crippen LogP contribution in [0.3, 0.4) is 0 Å². The van der Waals surface area contributed by atoms with E-state index in [0.29, 0.717) is 13.0 Å². The minimum Gasteiger partial charge on any atom is -0.447 e. The van der Waals surface area contributed by atoms with Crippen molar-refractivity contribution in [2.24, 2.45) is 0 Å². The number of hydrogen-bond donors (Lipinski definition) is 1. The van der Waals surface area contributed by atoms with Crippen LogP contribution >= 0.6 is 8.81 Å². The second kappa shape index (κ2) is 5.85. The fourth-order valence-corrected chi connectivity index (χ4v) is 1.95. The monoisotopic (exact) mass is 277 g/mol. The Bertz CT molecular complexity index is 320. The molecule has 0 aliphatic carbocycles. The maximum Gasteiger partial charge on any atom is 0.408 e. The Morgan fingerprint density at radius 2 is 2.06 bits per heavy atom. The van der Waals surface area contributed by atoms with E-state index in [0.717, 1.165) is 0 Å². The molecule has 1 fully saturated rings. The molecule has 0 radical (unpaired) electrons. The number of amides is 1. The number of hydrogen-bond acceptors (Lipinski definition) is 5. The second-order valence-corrected chi connectivity index (χ2v) is 5.72. The molecule has 6 nitrogen and oxygen atoms in total. The number of ether oxygens (including phenoxy) is 2. The van der Waals surface area contributed by atoms with Gasteiger partial charge in [-0.2, -0.15) is 0 Å². The third-order valence-electron chi connectivity index (χ3n) is 2.35. The van der Waals surface area contributed by atoms with Gasteiger partial charge in [-0.05, 0) is 27.4 Å². The van der Waals surface area contributed by atoms with Crippen molar-refractivity contribution < 1.29 is 23.6 Å². The van der Waals surface area contributed by atoms with Crippen LogP contribution in [0.4, 0.5) is 4.79 Å². The van der Waals surface area contributed by atoms with Crippen molar-refractivity contribution in [3.05, 3.63) is 0 Å². The van der Waals surface area contributed by atoms with Gasteiger partial charge in [-0.25, -0.2) is 9.59 Å². The van der Waals surface area contributed by atoms with Gasteiger partial charge in [0.25, 0.3) is 0 Å². The number of rotatable bonds is 3. The van der Waals surface area contributed by atoms with Crippen LogP contribution in [0, 0.1) is 0 Å². The first-order valence-electron chi connectivity index (χ1n) is 5.76. The largest absolute Gasteiger partial charge is 0.447 e. The van der Waals surface area contributed by atoms with Gasteiger partial charge in [-0.15, -0.1) is 0 Å². The highest BCUT2D eigenvalue weighted by atomic mass is 31.1. The number of alkyl carbamates (subject to hydrolysis) is 1. The average Bonchev–Trinajstić information content (AvgIpc) is 2.64. The molecule has 1 amide bonds. The van der Waals surface area contributed by atoms with Gasteiger partial charge < -0.3 is 19.3 Å². The van der Waals surface area contributed by atoms with E-state index < -0.39 is 23.2 Å². The van der Waals surface area contributed by atoms with E-state index in [-0.39, 0.29) is 15.4 Å². The molecule has 1 aliphatic rings. The Hall–Kier alpha value is -0.870. The van der Waals surface area contributed by atoms with Crippen LogP contribution in [-0.4, -0.2) is 43.1 Å². The molecule has 0 aromatic rings. The summed E-state index contributed by atoms with van der Waals surface area (Å²) in [4.78, 5) is 23.6. The fraction of sp³-hybridized carbons (Fsp3) is 0.818. The van der Waals surface area contributed by atoms with E-state index in [9.17, 15) is 9.59 Å². The van der Waals surface area contributed by atoms with Gasteiger partial charge in [0, 0.05) is 13.0 Å². The zero-order valence-corrected chi connectivity index (χ0v) is 12.2. The molecule has 7 heteroatoms. The average molecular weight is 277 g/mol. The van der Waals surface area contributed by atoms with Crippen molar-refractivity contribution in [2.45, 2.75) is 38.3 Å². The van der Waals surface area contributed by atoms with Gasteiger partial charge >= 0.3 is 12.1 Å². The van der Waals surface area contributed by atoms with Crippen LogP contribution in [0.15, 0.2) is 0 Å². The summed E-state index contributed by atoms with van der Waals surface area (Å²) in [5, 5.41) is 2.58. The van der Waals surface area contributed by atoms with E-state index in [4.69, 9.17) is 14.0 Å². The summed E-state index contributed by atoms with van der Waals surface area (Å²) in [5.41, 5.74) is -1.72. The van der Waals surface area contributed by atoms with Crippen molar-refractivity contribution >= 4 is 20.9 Å². The molecular weight excluding hydrogens is 257 g/mol. The van der Waals surface area contributed by atoms with Crippen molar-refractivity contribution in [3.8, 4) is 0 Å². The van der Waals surface area contributed by atoms with E-state index in [2.05, 4.69) is 5.32 Å². The molecule has 18 heavy (non-hydrogen) atoms. The fourth-order valence-electron chi connectivity index (χ4n) is 1.56. The Morgan fingerprint density at radius 1 is 1.39 bits per heavy atom. The zero-order chi connectivity index (χ0) is 13.8. The summed E-state index contributed by atoms with van der Waals surface area (Å²) in [5.74, 6) is -0.466. The van der Waals surface area contributed by atoms with Crippen LogP contribution in [0.25, 0.3) is 0 Å². The summed E-state index contributed by atoms with van der Waals surface area (Å²) in [6.07, 6.45) is -0.236. The predicted octanol–water partition coefficient (Wildman–Crippen LogP) is 1.44. The maximum atomic E-state index is 11.9. The van der Waals surface area contributed by atoms with Gasteiger partial charge in [0.1, 0.15) is 5.60 Å². The number of carbonyl (C=O) groups excluding carboxylic acids is 2. The SMILES string of the molecule is CPOC(=O)C1(NC(=O)OC(C)(C)C)CCOC1. The standard InChI is InChI=1S/C11H20NO5P/c1-10(2,3)16-9(14)12-11(5-6-15-7-11)8(13)17-18-4/h18H,5-7H2,1-4H3,(H,12,14). The van der Waals surface area contributed by atoms with Crippen LogP contribution in [0.5, 0.6) is 0 Å². The highest BCUT2D eigenvalue weighted by Gasteiger charge is 2.46. The first-order valence-corrected chi connectivity index (χ1v) is 7.17. The molecule has 2 unspecified atom stereocenters. The van der Waals surface area contributed by atoms with Crippen molar-refractivity contribution in [3.63, 3.8) is 0 Å². The van der Waals surface area contributed by atoms with Crippen molar-refractivity contribution in [1.82, 2.24) is 5.32 Å². The Morgan fingerprint density at radius 3 is 2.50 bits per heavy atom. The normalized spacial score (nSPS) is 24.2. The third-order valence-corrected chi connectivity index (χ3v) is 2.74. The van der Waals surface area contributed by atoms with Crippen LogP contribution in [0.2, 0.25) is 0 Å². The van der Waals surface area contributed by atoms with Gasteiger partial charge in [0.15, 0.2) is 5.54 Å². The molecular formula is C11H20NO5P. The number of carbonyl (C=O) groups is 2. The molecule has 1 heterocycles. The smallest absolute Gasteiger partial charge is 0.408 e. The maximum absolute atomic E-state index is 11.9. The summed E-state index contributed by atoms with van der Waals surface area (Å²) in [6, 6.07) is 0. The van der Waals surface area contributed by atoms with E-state index in [1.165, 1.54) is 0 Å². The first kappa shape index (κ1) is 15.2. The van der Waals surface area contributed by atoms with Crippen molar-refractivity contribution in [1.29, 1.82) is 0 Å². The highest BCUT2D eigenvalue weighted by Crippen LogP contribution is 2.24. The Balaban J connectivity index is 2.69. The molecule has 0 bridgehead atoms. The van der Waals surface area contributed by atoms with Crippen LogP contribution in [0.1, 0.15) is 27.2 Å². The molecule has 0 saturated carbocycles. The lowest BCUT2D eigenvalue weighted by Crippen LogP contribution is -2.56. The van der Waals surface area contributed by atoms with E-state index in [1.54, 1.807) is 27.4 Å². The minimum atomic E-state index is -1.11. The molecule has 1 rings (SSSR count). The predicted molar refractivity (Wildman–Crippen MR) is 67.9 cm³/mol. The summed E-state index contributed by atoms with van der Waals surface area (Å²) < 4.78 is 15.3. The lowest BCUT2D eigenvalue weighted by Gasteiger charge is -2.28. The lowest BCUT2D eigenvalue weighted by molar-refractivity contribution is -0.141.